The zero-order chi connectivity index (χ0) is 19.5. The Morgan fingerprint density at radius 2 is 2.00 bits per heavy atom. The van der Waals surface area contributed by atoms with Gasteiger partial charge in [-0.05, 0) is 58.0 Å². The van der Waals surface area contributed by atoms with Crippen molar-refractivity contribution in [2.75, 3.05) is 13.1 Å². The molecule has 0 bridgehead atoms. The van der Waals surface area contributed by atoms with E-state index in [4.69, 9.17) is 4.42 Å². The van der Waals surface area contributed by atoms with Gasteiger partial charge in [-0.2, -0.15) is 0 Å². The van der Waals surface area contributed by atoms with Gasteiger partial charge in [0.2, 0.25) is 0 Å². The van der Waals surface area contributed by atoms with Crippen LogP contribution < -0.4 is 5.32 Å². The van der Waals surface area contributed by atoms with E-state index in [9.17, 15) is 4.79 Å². The largest absolute Gasteiger partial charge is 0.456 e. The van der Waals surface area contributed by atoms with Gasteiger partial charge in [0.1, 0.15) is 11.6 Å². The summed E-state index contributed by atoms with van der Waals surface area (Å²) in [5, 5.41) is 2.97. The Balaban J connectivity index is 1.43. The molecule has 1 aliphatic heterocycles. The molecule has 148 valence electrons. The SMILES string of the molecule is CCn1c(CNC(=O)c2cc(CN3CCCCC3)c(C)o2)nc2ccccc21. The normalized spacial score (nSPS) is 15.2. The second kappa shape index (κ2) is 8.19. The van der Waals surface area contributed by atoms with Crippen LogP contribution in [0.2, 0.25) is 0 Å². The second-order valence-corrected chi connectivity index (χ2v) is 7.47. The number of carbonyl (C=O) groups excluding carboxylic acids is 1. The lowest BCUT2D eigenvalue weighted by molar-refractivity contribution is 0.0920. The molecule has 1 fully saturated rings. The number of nitrogens with one attached hydrogen (secondary N) is 1. The highest BCUT2D eigenvalue weighted by Gasteiger charge is 2.18. The van der Waals surface area contributed by atoms with Gasteiger partial charge in [0, 0.05) is 18.7 Å². The van der Waals surface area contributed by atoms with Crippen LogP contribution in [0.1, 0.15) is 53.9 Å². The van der Waals surface area contributed by atoms with Gasteiger partial charge < -0.3 is 14.3 Å². The first-order chi connectivity index (χ1) is 13.7. The monoisotopic (exact) mass is 380 g/mol. The van der Waals surface area contributed by atoms with Crippen molar-refractivity contribution >= 4 is 16.9 Å². The van der Waals surface area contributed by atoms with Gasteiger partial charge in [0.05, 0.1) is 17.6 Å². The quantitative estimate of drug-likeness (QED) is 0.705. The number of likely N-dealkylation sites (tertiary alicyclic amines) is 1. The van der Waals surface area contributed by atoms with E-state index in [-0.39, 0.29) is 5.91 Å². The highest BCUT2D eigenvalue weighted by Crippen LogP contribution is 2.20. The fourth-order valence-electron chi connectivity index (χ4n) is 4.01. The molecular formula is C22H28N4O2. The molecular weight excluding hydrogens is 352 g/mol. The molecule has 0 saturated carbocycles. The lowest BCUT2D eigenvalue weighted by Crippen LogP contribution is -2.29. The molecule has 6 heteroatoms. The zero-order valence-electron chi connectivity index (χ0n) is 16.7. The second-order valence-electron chi connectivity index (χ2n) is 7.47. The van der Waals surface area contributed by atoms with E-state index in [1.54, 1.807) is 0 Å². The number of imidazole rings is 1. The number of carbonyl (C=O) groups is 1. The smallest absolute Gasteiger partial charge is 0.287 e. The Hall–Kier alpha value is -2.60. The summed E-state index contributed by atoms with van der Waals surface area (Å²) in [5.41, 5.74) is 3.14. The number of hydrogen-bond donors (Lipinski definition) is 1. The molecule has 4 rings (SSSR count). The third-order valence-electron chi connectivity index (χ3n) is 5.54. The van der Waals surface area contributed by atoms with Gasteiger partial charge in [0.15, 0.2) is 5.76 Å². The molecule has 0 atom stereocenters. The van der Waals surface area contributed by atoms with Crippen LogP contribution in [0.15, 0.2) is 34.7 Å². The summed E-state index contributed by atoms with van der Waals surface area (Å²) in [6, 6.07) is 9.93. The summed E-state index contributed by atoms with van der Waals surface area (Å²) in [6.07, 6.45) is 3.82. The van der Waals surface area contributed by atoms with Crippen molar-refractivity contribution in [3.63, 3.8) is 0 Å². The number of fused-ring (bicyclic) bond motifs is 1. The molecule has 0 aliphatic carbocycles. The van der Waals surface area contributed by atoms with Crippen molar-refractivity contribution in [3.05, 3.63) is 53.2 Å². The van der Waals surface area contributed by atoms with E-state index >= 15 is 0 Å². The van der Waals surface area contributed by atoms with Crippen molar-refractivity contribution < 1.29 is 9.21 Å². The minimum atomic E-state index is -0.192. The van der Waals surface area contributed by atoms with Crippen molar-refractivity contribution in [3.8, 4) is 0 Å². The summed E-state index contributed by atoms with van der Waals surface area (Å²) in [4.78, 5) is 19.7. The number of rotatable bonds is 6. The van der Waals surface area contributed by atoms with Gasteiger partial charge in [-0.25, -0.2) is 4.98 Å². The maximum atomic E-state index is 12.6. The number of amides is 1. The Morgan fingerprint density at radius 3 is 2.79 bits per heavy atom. The summed E-state index contributed by atoms with van der Waals surface area (Å²) in [6.45, 7) is 8.32. The molecule has 1 saturated heterocycles. The molecule has 1 N–H and O–H groups in total. The van der Waals surface area contributed by atoms with Crippen LogP contribution in [0.5, 0.6) is 0 Å². The summed E-state index contributed by atoms with van der Waals surface area (Å²) >= 11 is 0. The number of benzene rings is 1. The van der Waals surface area contributed by atoms with Crippen LogP contribution in [0.3, 0.4) is 0 Å². The van der Waals surface area contributed by atoms with Gasteiger partial charge in [-0.3, -0.25) is 9.69 Å². The summed E-state index contributed by atoms with van der Waals surface area (Å²) in [7, 11) is 0. The molecule has 0 spiro atoms. The average Bonchev–Trinajstić information content (AvgIpc) is 3.27. The first-order valence-electron chi connectivity index (χ1n) is 10.2. The molecule has 2 aromatic heterocycles. The maximum Gasteiger partial charge on any atom is 0.287 e. The molecule has 28 heavy (non-hydrogen) atoms. The number of furan rings is 1. The summed E-state index contributed by atoms with van der Waals surface area (Å²) in [5.74, 6) is 1.87. The van der Waals surface area contributed by atoms with Crippen LogP contribution in [0.4, 0.5) is 0 Å². The number of aromatic nitrogens is 2. The van der Waals surface area contributed by atoms with Crippen LogP contribution in [0.25, 0.3) is 11.0 Å². The Kier molecular flexibility index (Phi) is 5.48. The molecule has 1 aliphatic rings. The molecule has 1 aromatic carbocycles. The van der Waals surface area contributed by atoms with E-state index in [0.717, 1.165) is 54.4 Å². The Labute approximate surface area is 165 Å². The predicted molar refractivity (Wildman–Crippen MR) is 109 cm³/mol. The van der Waals surface area contributed by atoms with E-state index in [1.165, 1.54) is 19.3 Å². The topological polar surface area (TPSA) is 63.3 Å². The number of para-hydroxylation sites is 2. The van der Waals surface area contributed by atoms with Crippen LogP contribution >= 0.6 is 0 Å². The maximum absolute atomic E-state index is 12.6. The Bertz CT molecular complexity index is 966. The van der Waals surface area contributed by atoms with Crippen molar-refractivity contribution in [2.24, 2.45) is 0 Å². The third kappa shape index (κ3) is 3.83. The minimum absolute atomic E-state index is 0.192. The molecule has 3 heterocycles. The van der Waals surface area contributed by atoms with E-state index in [1.807, 2.05) is 31.2 Å². The predicted octanol–water partition coefficient (Wildman–Crippen LogP) is 3.87. The lowest BCUT2D eigenvalue weighted by Gasteiger charge is -2.25. The Morgan fingerprint density at radius 1 is 1.21 bits per heavy atom. The highest BCUT2D eigenvalue weighted by atomic mass is 16.3. The zero-order valence-corrected chi connectivity index (χ0v) is 16.7. The van der Waals surface area contributed by atoms with Crippen molar-refractivity contribution in [1.82, 2.24) is 19.8 Å². The molecule has 0 unspecified atom stereocenters. The molecule has 0 radical (unpaired) electrons. The molecule has 6 nitrogen and oxygen atoms in total. The van der Waals surface area contributed by atoms with E-state index in [0.29, 0.717) is 12.3 Å². The van der Waals surface area contributed by atoms with Gasteiger partial charge >= 0.3 is 0 Å². The van der Waals surface area contributed by atoms with E-state index in [2.05, 4.69) is 32.8 Å². The average molecular weight is 380 g/mol. The number of piperidine rings is 1. The van der Waals surface area contributed by atoms with Crippen LogP contribution in [-0.2, 0) is 19.6 Å². The first-order valence-corrected chi connectivity index (χ1v) is 10.2. The summed E-state index contributed by atoms with van der Waals surface area (Å²) < 4.78 is 7.89. The van der Waals surface area contributed by atoms with Gasteiger partial charge in [-0.1, -0.05) is 18.6 Å². The minimum Gasteiger partial charge on any atom is -0.456 e. The van der Waals surface area contributed by atoms with Gasteiger partial charge in [0.25, 0.3) is 5.91 Å². The first kappa shape index (κ1) is 18.7. The standard InChI is InChI=1S/C22H28N4O2/c1-3-26-19-10-6-5-9-18(19)24-21(26)14-23-22(27)20-13-17(16(2)28-20)15-25-11-7-4-8-12-25/h5-6,9-10,13H,3-4,7-8,11-12,14-15H2,1-2H3,(H,23,27). The number of hydrogen-bond acceptors (Lipinski definition) is 4. The van der Waals surface area contributed by atoms with E-state index < -0.39 is 0 Å². The van der Waals surface area contributed by atoms with Gasteiger partial charge in [-0.15, -0.1) is 0 Å². The number of nitrogens with zero attached hydrogens (tertiary/aromatic N) is 3. The van der Waals surface area contributed by atoms with Crippen LogP contribution in [-0.4, -0.2) is 33.4 Å². The lowest BCUT2D eigenvalue weighted by atomic mass is 10.1. The molecule has 1 amide bonds. The fraction of sp³-hybridized carbons (Fsp3) is 0.455. The fourth-order valence-corrected chi connectivity index (χ4v) is 4.01. The number of aryl methyl sites for hydroxylation is 2. The van der Waals surface area contributed by atoms with Crippen LogP contribution in [0, 0.1) is 6.92 Å². The highest BCUT2D eigenvalue weighted by molar-refractivity contribution is 5.91. The van der Waals surface area contributed by atoms with Crippen molar-refractivity contribution in [2.45, 2.75) is 52.7 Å². The molecule has 3 aromatic rings. The third-order valence-corrected chi connectivity index (χ3v) is 5.54. The van der Waals surface area contributed by atoms with Crippen molar-refractivity contribution in [1.29, 1.82) is 0 Å².